The van der Waals surface area contributed by atoms with Gasteiger partial charge in [0.25, 0.3) is 4.33 Å². The maximum Gasteiger partial charge on any atom is 0.297 e. The molecule has 4 rings (SSSR count). The third-order valence-electron chi connectivity index (χ3n) is 7.57. The van der Waals surface area contributed by atoms with Crippen LogP contribution >= 0.6 is 12.0 Å². The molecule has 0 fully saturated rings. The van der Waals surface area contributed by atoms with E-state index >= 15 is 4.39 Å². The van der Waals surface area contributed by atoms with E-state index in [2.05, 4.69) is 27.7 Å². The highest BCUT2D eigenvalue weighted by Crippen LogP contribution is 2.48. The number of halogens is 2. The number of rotatable bonds is 16. The number of alkyl halides is 2. The van der Waals surface area contributed by atoms with Crippen LogP contribution in [0.1, 0.15) is 61.8 Å². The van der Waals surface area contributed by atoms with Gasteiger partial charge in [0.1, 0.15) is 12.0 Å². The van der Waals surface area contributed by atoms with Crippen LogP contribution in [0.4, 0.5) is 8.78 Å². The first kappa shape index (κ1) is 39.2. The zero-order chi connectivity index (χ0) is 35.2. The third kappa shape index (κ3) is 10.9. The van der Waals surface area contributed by atoms with Crippen molar-refractivity contribution in [2.75, 3.05) is 19.9 Å². The molecule has 0 aliphatic heterocycles. The molecule has 10 heteroatoms. The van der Waals surface area contributed by atoms with Crippen molar-refractivity contribution in [3.63, 3.8) is 0 Å². The lowest BCUT2D eigenvalue weighted by atomic mass is 9.96. The van der Waals surface area contributed by atoms with Gasteiger partial charge in [0, 0.05) is 5.92 Å². The van der Waals surface area contributed by atoms with Crippen LogP contribution in [0.5, 0.6) is 5.75 Å². The van der Waals surface area contributed by atoms with Gasteiger partial charge < -0.3 is 15.1 Å². The van der Waals surface area contributed by atoms with Crippen LogP contribution in [-0.4, -0.2) is 42.9 Å². The molecule has 0 amide bonds. The SMILES string of the molecule is CC(C)Cc1ccc(C(CO)C(F)(SOOc2ccccc2)S(=O)(=O)c2ccccc2)cc1.CC(C)Cc1ccc(C(CO)CF)cc1. The molecular formula is C38H46F2O6S2. The Morgan fingerprint density at radius 2 is 1.19 bits per heavy atom. The normalized spacial score (nSPS) is 14.1. The average molecular weight is 701 g/mol. The van der Waals surface area contributed by atoms with E-state index in [1.807, 2.05) is 36.4 Å². The first-order valence-electron chi connectivity index (χ1n) is 16.0. The van der Waals surface area contributed by atoms with E-state index in [1.165, 1.54) is 29.8 Å². The standard InChI is InChI=1S/C25H27FO5S2.C13H19FO/c1-19(2)17-20-13-15-21(16-14-20)24(18-27)25(26,32-31-30-22-9-5-3-6-10-22)33(28,29)23-11-7-4-8-12-23;1-10(2)7-11-3-5-12(6-4-11)13(8-14)9-15/h3-16,19,24,27H,17-18H2,1-2H3;3-6,10,13,15H,7-9H2,1-2H3. The molecule has 0 aliphatic carbocycles. The summed E-state index contributed by atoms with van der Waals surface area (Å²) in [6, 6.07) is 30.4. The second-order valence-electron chi connectivity index (χ2n) is 12.4. The first-order chi connectivity index (χ1) is 22.9. The van der Waals surface area contributed by atoms with Crippen molar-refractivity contribution in [1.29, 1.82) is 0 Å². The molecule has 0 radical (unpaired) electrons. The molecule has 6 nitrogen and oxygen atoms in total. The van der Waals surface area contributed by atoms with Gasteiger partial charge in [0.2, 0.25) is 9.84 Å². The van der Waals surface area contributed by atoms with Gasteiger partial charge in [-0.3, -0.25) is 4.39 Å². The topological polar surface area (TPSA) is 93.1 Å². The van der Waals surface area contributed by atoms with Gasteiger partial charge in [0.05, 0.1) is 30.7 Å². The van der Waals surface area contributed by atoms with Crippen LogP contribution < -0.4 is 4.89 Å². The number of hydrogen-bond donors (Lipinski definition) is 2. The largest absolute Gasteiger partial charge is 0.396 e. The summed E-state index contributed by atoms with van der Waals surface area (Å²) in [6.07, 6.45) is 1.87. The molecule has 2 N–H and O–H groups in total. The zero-order valence-corrected chi connectivity index (χ0v) is 29.5. The van der Waals surface area contributed by atoms with E-state index in [4.69, 9.17) is 14.3 Å². The van der Waals surface area contributed by atoms with E-state index in [-0.39, 0.29) is 35.2 Å². The lowest BCUT2D eigenvalue weighted by Gasteiger charge is -2.30. The van der Waals surface area contributed by atoms with E-state index in [0.29, 0.717) is 17.4 Å². The fourth-order valence-corrected chi connectivity index (χ4v) is 7.73. The molecule has 0 heterocycles. The predicted octanol–water partition coefficient (Wildman–Crippen LogP) is 8.65. The second kappa shape index (κ2) is 19.0. The Hall–Kier alpha value is -3.28. The number of sulfone groups is 1. The summed E-state index contributed by atoms with van der Waals surface area (Å²) in [5, 5.41) is 19.1. The highest BCUT2D eigenvalue weighted by atomic mass is 32.3. The summed E-state index contributed by atoms with van der Waals surface area (Å²) in [7, 11) is -4.61. The fourth-order valence-electron chi connectivity index (χ4n) is 5.04. The molecule has 0 spiro atoms. The van der Waals surface area contributed by atoms with Crippen LogP contribution in [-0.2, 0) is 27.0 Å². The Bertz CT molecular complexity index is 1580. The molecule has 0 aliphatic rings. The minimum atomic E-state index is -4.61. The lowest BCUT2D eigenvalue weighted by molar-refractivity contribution is -0.0812. The van der Waals surface area contributed by atoms with Gasteiger partial charge in [-0.15, -0.1) is 4.33 Å². The molecule has 4 aromatic carbocycles. The van der Waals surface area contributed by atoms with Gasteiger partial charge in [0.15, 0.2) is 5.75 Å². The highest BCUT2D eigenvalue weighted by molar-refractivity contribution is 8.12. The van der Waals surface area contributed by atoms with Crippen LogP contribution in [0.2, 0.25) is 0 Å². The summed E-state index contributed by atoms with van der Waals surface area (Å²) < 4.78 is 58.0. The highest BCUT2D eigenvalue weighted by Gasteiger charge is 2.55. The van der Waals surface area contributed by atoms with Crippen molar-refractivity contribution >= 4 is 21.9 Å². The van der Waals surface area contributed by atoms with E-state index < -0.39 is 33.4 Å². The van der Waals surface area contributed by atoms with Crippen LogP contribution in [0, 0.1) is 11.8 Å². The summed E-state index contributed by atoms with van der Waals surface area (Å²) in [4.78, 5) is 4.88. The lowest BCUT2D eigenvalue weighted by Crippen LogP contribution is -2.39. The molecule has 0 bridgehead atoms. The molecular weight excluding hydrogens is 655 g/mol. The van der Waals surface area contributed by atoms with E-state index in [0.717, 1.165) is 24.0 Å². The molecule has 3 atom stereocenters. The summed E-state index contributed by atoms with van der Waals surface area (Å²) in [5.74, 6) is -0.450. The molecule has 3 unspecified atom stereocenters. The Labute approximate surface area is 288 Å². The zero-order valence-electron chi connectivity index (χ0n) is 27.8. The van der Waals surface area contributed by atoms with E-state index in [9.17, 15) is 17.9 Å². The quantitative estimate of drug-likeness (QED) is 0.0687. The number of hydrogen-bond acceptors (Lipinski definition) is 7. The summed E-state index contributed by atoms with van der Waals surface area (Å²) >= 11 is 0.0260. The third-order valence-corrected chi connectivity index (χ3v) is 11.0. The van der Waals surface area contributed by atoms with Gasteiger partial charge >= 0.3 is 0 Å². The summed E-state index contributed by atoms with van der Waals surface area (Å²) in [5.41, 5.74) is 3.52. The maximum atomic E-state index is 16.6. The number of para-hydroxylation sites is 1. The van der Waals surface area contributed by atoms with Crippen molar-refractivity contribution < 1.29 is 36.6 Å². The Kier molecular flexibility index (Phi) is 15.5. The Morgan fingerprint density at radius 1 is 0.708 bits per heavy atom. The number of aliphatic hydroxyl groups excluding tert-OH is 2. The van der Waals surface area contributed by atoms with Crippen molar-refractivity contribution in [2.45, 2.75) is 61.6 Å². The van der Waals surface area contributed by atoms with Crippen LogP contribution in [0.25, 0.3) is 0 Å². The summed E-state index contributed by atoms with van der Waals surface area (Å²) in [6.45, 7) is 7.14. The van der Waals surface area contributed by atoms with Crippen LogP contribution in [0.15, 0.2) is 114 Å². The smallest absolute Gasteiger partial charge is 0.297 e. The van der Waals surface area contributed by atoms with Crippen LogP contribution in [0.3, 0.4) is 0 Å². The molecule has 48 heavy (non-hydrogen) atoms. The van der Waals surface area contributed by atoms with Crippen molar-refractivity contribution in [3.05, 3.63) is 131 Å². The molecule has 260 valence electrons. The Morgan fingerprint density at radius 3 is 1.62 bits per heavy atom. The van der Waals surface area contributed by atoms with Crippen molar-refractivity contribution in [3.8, 4) is 5.75 Å². The molecule has 0 saturated heterocycles. The van der Waals surface area contributed by atoms with E-state index in [1.54, 1.807) is 48.5 Å². The molecule has 0 saturated carbocycles. The molecule has 0 aromatic heterocycles. The fraction of sp³-hybridized carbons (Fsp3) is 0.368. The minimum Gasteiger partial charge on any atom is -0.396 e. The minimum absolute atomic E-state index is 0.0260. The molecule has 4 aromatic rings. The maximum absolute atomic E-state index is 16.6. The number of aliphatic hydroxyl groups is 2. The van der Waals surface area contributed by atoms with Gasteiger partial charge in [-0.05, 0) is 71.2 Å². The van der Waals surface area contributed by atoms with Gasteiger partial charge in [-0.25, -0.2) is 12.8 Å². The van der Waals surface area contributed by atoms with Crippen molar-refractivity contribution in [1.82, 2.24) is 0 Å². The second-order valence-corrected chi connectivity index (χ2v) is 15.6. The average Bonchev–Trinajstić information content (AvgIpc) is 3.08. The van der Waals surface area contributed by atoms with Gasteiger partial charge in [-0.1, -0.05) is 113 Å². The van der Waals surface area contributed by atoms with Crippen molar-refractivity contribution in [2.24, 2.45) is 11.8 Å². The Balaban J connectivity index is 0.000000348. The monoisotopic (exact) mass is 700 g/mol. The number of benzene rings is 4. The first-order valence-corrected chi connectivity index (χ1v) is 18.2. The van der Waals surface area contributed by atoms with Gasteiger partial charge in [-0.2, -0.15) is 0 Å². The predicted molar refractivity (Wildman–Crippen MR) is 189 cm³/mol.